The molecule has 0 bridgehead atoms. The summed E-state index contributed by atoms with van der Waals surface area (Å²) in [5.41, 5.74) is 3.16. The molecule has 0 fully saturated rings. The first-order valence-corrected chi connectivity index (χ1v) is 8.50. The van der Waals surface area contributed by atoms with Crippen molar-refractivity contribution in [2.75, 3.05) is 22.2 Å². The maximum Gasteiger partial charge on any atom is 0.324 e. The molecule has 22 heavy (non-hydrogen) atoms. The Balaban J connectivity index is 1.94. The Labute approximate surface area is 130 Å². The molecule has 0 spiro atoms. The second-order valence-electron chi connectivity index (χ2n) is 5.37. The number of anilines is 2. The number of aryl methyl sites for hydroxylation is 2. The highest BCUT2D eigenvalue weighted by Gasteiger charge is 2.28. The van der Waals surface area contributed by atoms with E-state index in [4.69, 9.17) is 4.74 Å². The smallest absolute Gasteiger partial charge is 0.324 e. The number of benzene rings is 2. The first-order valence-electron chi connectivity index (χ1n) is 7.06. The molecule has 3 rings (SSSR count). The zero-order valence-corrected chi connectivity index (χ0v) is 13.4. The van der Waals surface area contributed by atoms with Gasteiger partial charge in [0.15, 0.2) is 0 Å². The summed E-state index contributed by atoms with van der Waals surface area (Å²) in [6, 6.07) is 12.8. The van der Waals surface area contributed by atoms with Gasteiger partial charge in [-0.3, -0.25) is 4.72 Å². The van der Waals surface area contributed by atoms with Gasteiger partial charge in [-0.15, -0.1) is 0 Å². The van der Waals surface area contributed by atoms with E-state index in [9.17, 15) is 8.42 Å². The standard InChI is InChI=1S/C16H18N2O3S/c1-12-9-13(2)11-14(10-12)17-22(19,20)18-7-8-21-16-6-4-3-5-15(16)18/h3-6,9-11,17H,7-8H2,1-2H3. The Kier molecular flexibility index (Phi) is 3.70. The fourth-order valence-corrected chi connectivity index (χ4v) is 3.88. The minimum atomic E-state index is -3.68. The van der Waals surface area contributed by atoms with Gasteiger partial charge in [0.05, 0.1) is 17.9 Å². The number of para-hydroxylation sites is 2. The van der Waals surface area contributed by atoms with E-state index in [2.05, 4.69) is 4.72 Å². The molecular formula is C16H18N2O3S. The van der Waals surface area contributed by atoms with Crippen molar-refractivity contribution >= 4 is 21.6 Å². The predicted octanol–water partition coefficient (Wildman–Crippen LogP) is 2.86. The Morgan fingerprint density at radius 1 is 1.09 bits per heavy atom. The van der Waals surface area contributed by atoms with E-state index in [1.807, 2.05) is 38.1 Å². The summed E-state index contributed by atoms with van der Waals surface area (Å²) in [6.07, 6.45) is 0. The van der Waals surface area contributed by atoms with Gasteiger partial charge in [-0.05, 0) is 49.2 Å². The Hall–Kier alpha value is -2.21. The number of fused-ring (bicyclic) bond motifs is 1. The van der Waals surface area contributed by atoms with Crippen LogP contribution in [0.2, 0.25) is 0 Å². The third-order valence-corrected chi connectivity index (χ3v) is 4.90. The van der Waals surface area contributed by atoms with Crippen molar-refractivity contribution in [2.24, 2.45) is 0 Å². The van der Waals surface area contributed by atoms with Crippen LogP contribution >= 0.6 is 0 Å². The van der Waals surface area contributed by atoms with Crippen LogP contribution in [-0.2, 0) is 10.2 Å². The third-order valence-electron chi connectivity index (χ3n) is 3.44. The molecule has 1 N–H and O–H groups in total. The van der Waals surface area contributed by atoms with E-state index in [-0.39, 0.29) is 6.54 Å². The lowest BCUT2D eigenvalue weighted by Crippen LogP contribution is -2.41. The van der Waals surface area contributed by atoms with Gasteiger partial charge in [-0.1, -0.05) is 18.2 Å². The van der Waals surface area contributed by atoms with Crippen LogP contribution in [0.25, 0.3) is 0 Å². The average molecular weight is 318 g/mol. The van der Waals surface area contributed by atoms with Crippen LogP contribution < -0.4 is 13.8 Å². The summed E-state index contributed by atoms with van der Waals surface area (Å²) in [5, 5.41) is 0. The Bertz CT molecular complexity index is 783. The molecule has 0 saturated heterocycles. The van der Waals surface area contributed by atoms with Crippen LogP contribution in [0.3, 0.4) is 0 Å². The average Bonchev–Trinajstić information content (AvgIpc) is 2.45. The maximum absolute atomic E-state index is 12.7. The van der Waals surface area contributed by atoms with Gasteiger partial charge in [-0.2, -0.15) is 8.42 Å². The molecule has 2 aromatic carbocycles. The van der Waals surface area contributed by atoms with E-state index in [0.717, 1.165) is 11.1 Å². The lowest BCUT2D eigenvalue weighted by atomic mass is 10.1. The van der Waals surface area contributed by atoms with Crippen LogP contribution in [0.1, 0.15) is 11.1 Å². The van der Waals surface area contributed by atoms with Crippen LogP contribution in [0.15, 0.2) is 42.5 Å². The molecule has 1 aliphatic heterocycles. The van der Waals surface area contributed by atoms with Gasteiger partial charge < -0.3 is 4.74 Å². The quantitative estimate of drug-likeness (QED) is 0.946. The summed E-state index contributed by atoms with van der Waals surface area (Å²) in [5.74, 6) is 0.583. The fraction of sp³-hybridized carbons (Fsp3) is 0.250. The normalized spacial score (nSPS) is 14.2. The molecule has 0 amide bonds. The molecule has 6 heteroatoms. The lowest BCUT2D eigenvalue weighted by Gasteiger charge is -2.30. The van der Waals surface area contributed by atoms with Crippen molar-refractivity contribution in [3.05, 3.63) is 53.6 Å². The van der Waals surface area contributed by atoms with Gasteiger partial charge in [-0.25, -0.2) is 4.31 Å². The highest BCUT2D eigenvalue weighted by atomic mass is 32.2. The van der Waals surface area contributed by atoms with Crippen LogP contribution in [-0.4, -0.2) is 21.6 Å². The molecule has 116 valence electrons. The highest BCUT2D eigenvalue weighted by molar-refractivity contribution is 7.94. The number of ether oxygens (including phenoxy) is 1. The van der Waals surface area contributed by atoms with Crippen LogP contribution in [0, 0.1) is 13.8 Å². The Morgan fingerprint density at radius 2 is 1.77 bits per heavy atom. The summed E-state index contributed by atoms with van der Waals surface area (Å²) >= 11 is 0. The SMILES string of the molecule is Cc1cc(C)cc(NS(=O)(=O)N2CCOc3ccccc32)c1. The monoisotopic (exact) mass is 318 g/mol. The molecule has 0 radical (unpaired) electrons. The van der Waals surface area contributed by atoms with Crippen molar-refractivity contribution in [3.63, 3.8) is 0 Å². The molecule has 1 aliphatic rings. The zero-order chi connectivity index (χ0) is 15.7. The summed E-state index contributed by atoms with van der Waals surface area (Å²) in [7, 11) is -3.68. The van der Waals surface area contributed by atoms with E-state index >= 15 is 0 Å². The topological polar surface area (TPSA) is 58.6 Å². The minimum Gasteiger partial charge on any atom is -0.489 e. The van der Waals surface area contributed by atoms with Crippen molar-refractivity contribution in [3.8, 4) is 5.75 Å². The van der Waals surface area contributed by atoms with E-state index < -0.39 is 10.2 Å². The first-order chi connectivity index (χ1) is 10.5. The largest absolute Gasteiger partial charge is 0.489 e. The van der Waals surface area contributed by atoms with E-state index in [0.29, 0.717) is 23.7 Å². The van der Waals surface area contributed by atoms with Gasteiger partial charge in [0.2, 0.25) is 0 Å². The number of rotatable bonds is 3. The predicted molar refractivity (Wildman–Crippen MR) is 87.7 cm³/mol. The first kappa shape index (κ1) is 14.7. The van der Waals surface area contributed by atoms with Crippen LogP contribution in [0.5, 0.6) is 5.75 Å². The van der Waals surface area contributed by atoms with E-state index in [1.165, 1.54) is 4.31 Å². The number of nitrogens with zero attached hydrogens (tertiary/aromatic N) is 1. The van der Waals surface area contributed by atoms with Crippen molar-refractivity contribution in [2.45, 2.75) is 13.8 Å². The molecule has 0 aliphatic carbocycles. The molecular weight excluding hydrogens is 300 g/mol. The number of nitrogens with one attached hydrogen (secondary N) is 1. The second kappa shape index (κ2) is 5.53. The summed E-state index contributed by atoms with van der Waals surface area (Å²) < 4.78 is 34.9. The third kappa shape index (κ3) is 2.87. The lowest BCUT2D eigenvalue weighted by molar-refractivity contribution is 0.316. The molecule has 0 unspecified atom stereocenters. The summed E-state index contributed by atoms with van der Waals surface area (Å²) in [4.78, 5) is 0. The van der Waals surface area contributed by atoms with Crippen LogP contribution in [0.4, 0.5) is 11.4 Å². The summed E-state index contributed by atoms with van der Waals surface area (Å²) in [6.45, 7) is 4.51. The fourth-order valence-electron chi connectivity index (χ4n) is 2.63. The molecule has 2 aromatic rings. The number of hydrogen-bond acceptors (Lipinski definition) is 3. The second-order valence-corrected chi connectivity index (χ2v) is 6.97. The molecule has 1 heterocycles. The maximum atomic E-state index is 12.7. The molecule has 5 nitrogen and oxygen atoms in total. The van der Waals surface area contributed by atoms with Gasteiger partial charge >= 0.3 is 10.2 Å². The minimum absolute atomic E-state index is 0.289. The molecule has 0 saturated carbocycles. The van der Waals surface area contributed by atoms with Crippen molar-refractivity contribution in [1.82, 2.24) is 0 Å². The van der Waals surface area contributed by atoms with Crippen molar-refractivity contribution < 1.29 is 13.2 Å². The van der Waals surface area contributed by atoms with Crippen molar-refractivity contribution in [1.29, 1.82) is 0 Å². The zero-order valence-electron chi connectivity index (χ0n) is 12.5. The van der Waals surface area contributed by atoms with Gasteiger partial charge in [0, 0.05) is 0 Å². The molecule has 0 atom stereocenters. The van der Waals surface area contributed by atoms with Gasteiger partial charge in [0.25, 0.3) is 0 Å². The number of hydrogen-bond donors (Lipinski definition) is 1. The Morgan fingerprint density at radius 3 is 2.50 bits per heavy atom. The highest BCUT2D eigenvalue weighted by Crippen LogP contribution is 2.33. The van der Waals surface area contributed by atoms with Gasteiger partial charge in [0.1, 0.15) is 12.4 Å². The molecule has 0 aromatic heterocycles. The van der Waals surface area contributed by atoms with E-state index in [1.54, 1.807) is 18.2 Å².